The zero-order chi connectivity index (χ0) is 21.8. The summed E-state index contributed by atoms with van der Waals surface area (Å²) in [4.78, 5) is 17.6. The van der Waals surface area contributed by atoms with Crippen molar-refractivity contribution in [2.45, 2.75) is 6.54 Å². The molecule has 0 aliphatic carbocycles. The number of ether oxygens (including phenoxy) is 2. The third-order valence-electron chi connectivity index (χ3n) is 4.57. The summed E-state index contributed by atoms with van der Waals surface area (Å²) in [6.45, 7) is 0.224. The second-order valence-corrected chi connectivity index (χ2v) is 6.97. The zero-order valence-electron chi connectivity index (χ0n) is 16.8. The van der Waals surface area contributed by atoms with Crippen molar-refractivity contribution in [2.75, 3.05) is 14.2 Å². The van der Waals surface area contributed by atoms with Crippen molar-refractivity contribution in [3.63, 3.8) is 0 Å². The number of fused-ring (bicyclic) bond motifs is 1. The van der Waals surface area contributed by atoms with Gasteiger partial charge in [-0.15, -0.1) is 0 Å². The largest absolute Gasteiger partial charge is 0.494 e. The number of carbonyl (C=O) groups is 1. The van der Waals surface area contributed by atoms with E-state index in [0.29, 0.717) is 38.9 Å². The average Bonchev–Trinajstić information content (AvgIpc) is 3.30. The summed E-state index contributed by atoms with van der Waals surface area (Å²) < 4.78 is 22.1. The van der Waals surface area contributed by atoms with E-state index in [1.807, 2.05) is 12.1 Å². The van der Waals surface area contributed by atoms with Crippen molar-refractivity contribution >= 4 is 34.2 Å². The smallest absolute Gasteiger partial charge is 0.257 e. The predicted octanol–water partition coefficient (Wildman–Crippen LogP) is 4.86. The van der Waals surface area contributed by atoms with Gasteiger partial charge < -0.3 is 23.6 Å². The lowest BCUT2D eigenvalue weighted by Gasteiger charge is -2.09. The molecule has 0 atom stereocenters. The lowest BCUT2D eigenvalue weighted by Crippen LogP contribution is -2.28. The minimum atomic E-state index is -0.371. The summed E-state index contributed by atoms with van der Waals surface area (Å²) >= 11 is 6.14. The second kappa shape index (κ2) is 8.97. The summed E-state index contributed by atoms with van der Waals surface area (Å²) in [6, 6.07) is 15.7. The quantitative estimate of drug-likeness (QED) is 0.464. The van der Waals surface area contributed by atoms with Crippen molar-refractivity contribution in [3.8, 4) is 11.5 Å². The van der Waals surface area contributed by atoms with Crippen LogP contribution in [0.5, 0.6) is 11.5 Å². The number of methoxy groups -OCH3 is 2. The number of amides is 1. The van der Waals surface area contributed by atoms with Gasteiger partial charge in [0.05, 0.1) is 27.0 Å². The van der Waals surface area contributed by atoms with Crippen LogP contribution in [0.4, 0.5) is 5.69 Å². The Labute approximate surface area is 182 Å². The van der Waals surface area contributed by atoms with E-state index in [4.69, 9.17) is 29.9 Å². The second-order valence-electron chi connectivity index (χ2n) is 6.53. The number of hydrogen-bond acceptors (Lipinski definition) is 6. The minimum absolute atomic E-state index is 0.0921. The van der Waals surface area contributed by atoms with E-state index in [1.165, 1.54) is 7.11 Å². The van der Waals surface area contributed by atoms with Crippen molar-refractivity contribution in [2.24, 2.45) is 4.99 Å². The molecular formula is C23H19ClN2O5. The molecule has 4 rings (SSSR count). The summed E-state index contributed by atoms with van der Waals surface area (Å²) in [5, 5.41) is 3.99. The lowest BCUT2D eigenvalue weighted by atomic mass is 10.1. The molecule has 0 bridgehead atoms. The van der Waals surface area contributed by atoms with Crippen LogP contribution in [0.1, 0.15) is 16.1 Å². The Kier molecular flexibility index (Phi) is 5.95. The van der Waals surface area contributed by atoms with Gasteiger partial charge in [-0.25, -0.2) is 4.99 Å². The number of furan rings is 1. The van der Waals surface area contributed by atoms with Crippen molar-refractivity contribution in [1.82, 2.24) is 5.32 Å². The van der Waals surface area contributed by atoms with Gasteiger partial charge in [-0.2, -0.15) is 0 Å². The molecule has 0 aliphatic heterocycles. The number of nitrogens with zero attached hydrogens (tertiary/aromatic N) is 1. The van der Waals surface area contributed by atoms with Gasteiger partial charge in [0.25, 0.3) is 5.91 Å². The Bertz CT molecular complexity index is 1300. The fraction of sp³-hybridized carbons (Fsp3) is 0.130. The molecule has 2 aromatic heterocycles. The number of hydrogen-bond donors (Lipinski definition) is 1. The maximum atomic E-state index is 13.0. The van der Waals surface area contributed by atoms with Crippen LogP contribution in [-0.4, -0.2) is 20.1 Å². The molecular weight excluding hydrogens is 420 g/mol. The SMILES string of the molecule is COc1ccc(Cl)cc1N=c1oc2c(OC)cccc2cc1C(=O)NCc1ccco1. The van der Waals surface area contributed by atoms with Gasteiger partial charge in [0.15, 0.2) is 11.3 Å². The average molecular weight is 439 g/mol. The molecule has 0 saturated heterocycles. The van der Waals surface area contributed by atoms with E-state index in [-0.39, 0.29) is 23.6 Å². The first kappa shape index (κ1) is 20.6. The molecule has 1 N–H and O–H groups in total. The molecule has 0 unspecified atom stereocenters. The van der Waals surface area contributed by atoms with Crippen molar-refractivity contribution < 1.29 is 23.1 Å². The van der Waals surface area contributed by atoms with Crippen LogP contribution in [0.15, 0.2) is 74.7 Å². The molecule has 2 aromatic carbocycles. The maximum absolute atomic E-state index is 13.0. The predicted molar refractivity (Wildman–Crippen MR) is 116 cm³/mol. The molecule has 31 heavy (non-hydrogen) atoms. The highest BCUT2D eigenvalue weighted by molar-refractivity contribution is 6.30. The van der Waals surface area contributed by atoms with Gasteiger partial charge in [-0.3, -0.25) is 4.79 Å². The molecule has 158 valence electrons. The fourth-order valence-corrected chi connectivity index (χ4v) is 3.23. The van der Waals surface area contributed by atoms with E-state index in [0.717, 1.165) is 0 Å². The van der Waals surface area contributed by atoms with Gasteiger partial charge >= 0.3 is 0 Å². The Hall–Kier alpha value is -3.71. The first-order valence-corrected chi connectivity index (χ1v) is 9.76. The monoisotopic (exact) mass is 438 g/mol. The zero-order valence-corrected chi connectivity index (χ0v) is 17.6. The Morgan fingerprint density at radius 3 is 2.65 bits per heavy atom. The van der Waals surface area contributed by atoms with E-state index >= 15 is 0 Å². The van der Waals surface area contributed by atoms with Crippen LogP contribution >= 0.6 is 11.6 Å². The molecule has 1 amide bonds. The highest BCUT2D eigenvalue weighted by Crippen LogP contribution is 2.30. The molecule has 7 nitrogen and oxygen atoms in total. The van der Waals surface area contributed by atoms with E-state index in [9.17, 15) is 4.79 Å². The number of rotatable bonds is 6. The molecule has 0 fully saturated rings. The van der Waals surface area contributed by atoms with E-state index < -0.39 is 0 Å². The van der Waals surface area contributed by atoms with Crippen LogP contribution in [0, 0.1) is 0 Å². The molecule has 2 heterocycles. The molecule has 0 radical (unpaired) electrons. The molecule has 8 heteroatoms. The van der Waals surface area contributed by atoms with Gasteiger partial charge in [-0.1, -0.05) is 23.7 Å². The Morgan fingerprint density at radius 1 is 1.06 bits per heavy atom. The van der Waals surface area contributed by atoms with Gasteiger partial charge in [0, 0.05) is 10.4 Å². The number of nitrogens with one attached hydrogen (secondary N) is 1. The summed E-state index contributed by atoms with van der Waals surface area (Å²) in [6.07, 6.45) is 1.55. The van der Waals surface area contributed by atoms with Crippen LogP contribution in [-0.2, 0) is 6.54 Å². The highest BCUT2D eigenvalue weighted by atomic mass is 35.5. The fourth-order valence-electron chi connectivity index (χ4n) is 3.07. The number of carbonyl (C=O) groups excluding carboxylic acids is 1. The Balaban J connectivity index is 1.87. The first-order valence-electron chi connectivity index (χ1n) is 9.38. The van der Waals surface area contributed by atoms with Crippen LogP contribution in [0.25, 0.3) is 11.0 Å². The van der Waals surface area contributed by atoms with Gasteiger partial charge in [0.2, 0.25) is 5.55 Å². The van der Waals surface area contributed by atoms with Gasteiger partial charge in [-0.05, 0) is 42.5 Å². The van der Waals surface area contributed by atoms with E-state index in [2.05, 4.69) is 10.3 Å². The summed E-state index contributed by atoms with van der Waals surface area (Å²) in [5.74, 6) is 1.27. The topological polar surface area (TPSA) is 86.2 Å². The van der Waals surface area contributed by atoms with Crippen LogP contribution in [0.2, 0.25) is 5.02 Å². The van der Waals surface area contributed by atoms with Crippen LogP contribution in [0.3, 0.4) is 0 Å². The highest BCUT2D eigenvalue weighted by Gasteiger charge is 2.16. The standard InChI is InChI=1S/C23H19ClN2O5/c1-28-19-9-8-15(24)12-18(19)26-23-17(22(27)25-13-16-6-4-10-30-16)11-14-5-3-7-20(29-2)21(14)31-23/h3-12H,13H2,1-2H3,(H,25,27). The summed E-state index contributed by atoms with van der Waals surface area (Å²) in [5.41, 5.74) is 1.23. The first-order chi connectivity index (χ1) is 15.1. The van der Waals surface area contributed by atoms with Gasteiger partial charge in [0.1, 0.15) is 22.8 Å². The molecule has 0 spiro atoms. The van der Waals surface area contributed by atoms with E-state index in [1.54, 1.807) is 55.8 Å². The lowest BCUT2D eigenvalue weighted by molar-refractivity contribution is 0.0944. The maximum Gasteiger partial charge on any atom is 0.257 e. The normalized spacial score (nSPS) is 11.5. The molecule has 0 saturated carbocycles. The third-order valence-corrected chi connectivity index (χ3v) is 4.80. The number of benzene rings is 2. The summed E-state index contributed by atoms with van der Waals surface area (Å²) in [7, 11) is 3.07. The Morgan fingerprint density at radius 2 is 1.90 bits per heavy atom. The third kappa shape index (κ3) is 4.41. The number of para-hydroxylation sites is 1. The van der Waals surface area contributed by atoms with Crippen molar-refractivity contribution in [1.29, 1.82) is 0 Å². The molecule has 0 aliphatic rings. The molecule has 4 aromatic rings. The minimum Gasteiger partial charge on any atom is -0.494 e. The van der Waals surface area contributed by atoms with Crippen molar-refractivity contribution in [3.05, 3.63) is 82.8 Å². The van der Waals surface area contributed by atoms with Crippen LogP contribution < -0.4 is 20.3 Å². The number of halogens is 1.